The van der Waals surface area contributed by atoms with Gasteiger partial charge in [0.25, 0.3) is 5.91 Å². The first-order chi connectivity index (χ1) is 14.5. The van der Waals surface area contributed by atoms with Gasteiger partial charge >= 0.3 is 0 Å². The summed E-state index contributed by atoms with van der Waals surface area (Å²) < 4.78 is 64.0. The molecular formula is C20H21F4N3O4. The van der Waals surface area contributed by atoms with Gasteiger partial charge in [0.2, 0.25) is 11.6 Å². The lowest BCUT2D eigenvalue weighted by molar-refractivity contribution is -0.142. The van der Waals surface area contributed by atoms with Gasteiger partial charge < -0.3 is 20.5 Å². The molecule has 0 saturated carbocycles. The number of ketones is 1. The Morgan fingerprint density at radius 3 is 2.29 bits per heavy atom. The molecule has 2 rings (SSSR count). The zero-order valence-electron chi connectivity index (χ0n) is 17.0. The lowest BCUT2D eigenvalue weighted by Gasteiger charge is -2.26. The van der Waals surface area contributed by atoms with Crippen molar-refractivity contribution >= 4 is 17.5 Å². The first-order valence-corrected chi connectivity index (χ1v) is 9.01. The molecule has 0 bridgehead atoms. The zero-order valence-corrected chi connectivity index (χ0v) is 17.0. The number of carbonyl (C=O) groups excluding carboxylic acids is 2. The van der Waals surface area contributed by atoms with Crippen LogP contribution in [-0.2, 0) is 20.7 Å². The Balaban J connectivity index is 2.23. The summed E-state index contributed by atoms with van der Waals surface area (Å²) in [5.41, 5.74) is 4.74. The third-order valence-electron chi connectivity index (χ3n) is 4.47. The SMILES string of the molecule is COC(C)(C)C(=O)NC(Cc1ccc(N)nc1)C(=O)COc1c(F)c(F)cc(F)c1F. The second-order valence-electron chi connectivity index (χ2n) is 7.09. The minimum absolute atomic E-state index is 0.0172. The van der Waals surface area contributed by atoms with Crippen molar-refractivity contribution in [3.05, 3.63) is 53.2 Å². The number of amides is 1. The highest BCUT2D eigenvalue weighted by Crippen LogP contribution is 2.26. The van der Waals surface area contributed by atoms with E-state index in [2.05, 4.69) is 10.3 Å². The highest BCUT2D eigenvalue weighted by molar-refractivity contribution is 5.92. The van der Waals surface area contributed by atoms with Crippen molar-refractivity contribution in [1.29, 1.82) is 0 Å². The number of ether oxygens (including phenoxy) is 2. The number of carbonyl (C=O) groups is 2. The van der Waals surface area contributed by atoms with Crippen LogP contribution in [0.15, 0.2) is 24.4 Å². The van der Waals surface area contributed by atoms with Gasteiger partial charge in [-0.15, -0.1) is 0 Å². The molecule has 0 saturated heterocycles. The number of aromatic nitrogens is 1. The van der Waals surface area contributed by atoms with E-state index in [4.69, 9.17) is 15.2 Å². The van der Waals surface area contributed by atoms with Crippen LogP contribution >= 0.6 is 0 Å². The Kier molecular flexibility index (Phi) is 7.55. The van der Waals surface area contributed by atoms with Crippen molar-refractivity contribution < 1.29 is 36.6 Å². The molecule has 1 atom stereocenters. The molecule has 1 heterocycles. The first-order valence-electron chi connectivity index (χ1n) is 9.01. The maximum Gasteiger partial charge on any atom is 0.252 e. The first kappa shape index (κ1) is 24.1. The van der Waals surface area contributed by atoms with Gasteiger partial charge in [0.15, 0.2) is 23.2 Å². The predicted octanol–water partition coefficient (Wildman–Crippen LogP) is 2.32. The molecule has 2 aromatic rings. The normalized spacial score (nSPS) is 12.4. The fourth-order valence-electron chi connectivity index (χ4n) is 2.38. The number of nitrogens with zero attached hydrogens (tertiary/aromatic N) is 1. The molecule has 168 valence electrons. The number of nitrogens with two attached hydrogens (primary N) is 1. The third-order valence-corrected chi connectivity index (χ3v) is 4.47. The molecule has 0 aliphatic carbocycles. The maximum atomic E-state index is 13.8. The molecule has 1 unspecified atom stereocenters. The van der Waals surface area contributed by atoms with E-state index in [1.54, 1.807) is 6.07 Å². The number of hydrogen-bond acceptors (Lipinski definition) is 6. The Labute approximate surface area is 175 Å². The Morgan fingerprint density at radius 2 is 1.77 bits per heavy atom. The van der Waals surface area contributed by atoms with Crippen molar-refractivity contribution in [1.82, 2.24) is 10.3 Å². The minimum Gasteiger partial charge on any atom is -0.479 e. The summed E-state index contributed by atoms with van der Waals surface area (Å²) in [5, 5.41) is 2.47. The molecule has 1 amide bonds. The van der Waals surface area contributed by atoms with Crippen molar-refractivity contribution in [2.45, 2.75) is 31.9 Å². The number of methoxy groups -OCH3 is 1. The van der Waals surface area contributed by atoms with Gasteiger partial charge in [-0.3, -0.25) is 9.59 Å². The molecule has 0 radical (unpaired) electrons. The molecule has 31 heavy (non-hydrogen) atoms. The predicted molar refractivity (Wildman–Crippen MR) is 102 cm³/mol. The summed E-state index contributed by atoms with van der Waals surface area (Å²) in [4.78, 5) is 29.0. The molecule has 7 nitrogen and oxygen atoms in total. The summed E-state index contributed by atoms with van der Waals surface area (Å²) in [5.74, 6) is -9.53. The van der Waals surface area contributed by atoms with E-state index >= 15 is 0 Å². The van der Waals surface area contributed by atoms with Gasteiger partial charge in [-0.1, -0.05) is 6.07 Å². The van der Waals surface area contributed by atoms with Crippen LogP contribution in [-0.4, -0.2) is 42.0 Å². The molecule has 11 heteroatoms. The molecule has 0 fully saturated rings. The fourth-order valence-corrected chi connectivity index (χ4v) is 2.38. The summed E-state index contributed by atoms with van der Waals surface area (Å²) in [6.45, 7) is 1.95. The number of nitrogen functional groups attached to an aromatic ring is 1. The van der Waals surface area contributed by atoms with E-state index in [1.165, 1.54) is 33.2 Å². The second-order valence-corrected chi connectivity index (χ2v) is 7.09. The van der Waals surface area contributed by atoms with Crippen LogP contribution < -0.4 is 15.8 Å². The van der Waals surface area contributed by atoms with Crippen molar-refractivity contribution in [2.24, 2.45) is 0 Å². The molecule has 0 aliphatic rings. The van der Waals surface area contributed by atoms with E-state index in [0.717, 1.165) is 0 Å². The molecular weight excluding hydrogens is 422 g/mol. The molecule has 1 aromatic carbocycles. The van der Waals surface area contributed by atoms with Crippen LogP contribution in [0.1, 0.15) is 19.4 Å². The van der Waals surface area contributed by atoms with E-state index in [-0.39, 0.29) is 18.3 Å². The average molecular weight is 443 g/mol. The van der Waals surface area contributed by atoms with Crippen molar-refractivity contribution in [2.75, 3.05) is 19.5 Å². The largest absolute Gasteiger partial charge is 0.479 e. The lowest BCUT2D eigenvalue weighted by atomic mass is 10.0. The van der Waals surface area contributed by atoms with E-state index in [0.29, 0.717) is 5.56 Å². The van der Waals surface area contributed by atoms with E-state index in [9.17, 15) is 27.2 Å². The smallest absolute Gasteiger partial charge is 0.252 e. The number of benzene rings is 1. The summed E-state index contributed by atoms with van der Waals surface area (Å²) >= 11 is 0. The standard InChI is InChI=1S/C20H21F4N3O4/c1-20(2,30-3)19(29)27-13(6-10-4-5-15(25)26-8-10)14(28)9-31-18-16(23)11(21)7-12(22)17(18)24/h4-5,7-8,13H,6,9H2,1-3H3,(H2,25,26)(H,27,29). The van der Waals surface area contributed by atoms with Gasteiger partial charge in [0, 0.05) is 25.8 Å². The topological polar surface area (TPSA) is 104 Å². The number of hydrogen-bond donors (Lipinski definition) is 2. The second kappa shape index (κ2) is 9.73. The van der Waals surface area contributed by atoms with Gasteiger partial charge in [-0.2, -0.15) is 8.78 Å². The third kappa shape index (κ3) is 5.91. The maximum absolute atomic E-state index is 13.8. The number of anilines is 1. The van der Waals surface area contributed by atoms with Crippen LogP contribution in [0.2, 0.25) is 0 Å². The van der Waals surface area contributed by atoms with Gasteiger partial charge in [0.1, 0.15) is 18.0 Å². The van der Waals surface area contributed by atoms with Crippen LogP contribution in [0.4, 0.5) is 23.4 Å². The fraction of sp³-hybridized carbons (Fsp3) is 0.350. The van der Waals surface area contributed by atoms with Crippen molar-refractivity contribution in [3.63, 3.8) is 0 Å². The van der Waals surface area contributed by atoms with Gasteiger partial charge in [0.05, 0.1) is 6.04 Å². The zero-order chi connectivity index (χ0) is 23.3. The van der Waals surface area contributed by atoms with E-state index < -0.39 is 59.0 Å². The Morgan fingerprint density at radius 1 is 1.16 bits per heavy atom. The molecule has 1 aromatic heterocycles. The summed E-state index contributed by atoms with van der Waals surface area (Å²) in [7, 11) is 1.30. The van der Waals surface area contributed by atoms with Crippen molar-refractivity contribution in [3.8, 4) is 5.75 Å². The van der Waals surface area contributed by atoms with Crippen LogP contribution in [0, 0.1) is 23.3 Å². The van der Waals surface area contributed by atoms with Gasteiger partial charge in [-0.05, 0) is 25.5 Å². The summed E-state index contributed by atoms with van der Waals surface area (Å²) in [6.07, 6.45) is 1.31. The minimum atomic E-state index is -1.78. The Bertz CT molecular complexity index is 942. The number of pyridine rings is 1. The highest BCUT2D eigenvalue weighted by Gasteiger charge is 2.32. The Hall–Kier alpha value is -3.21. The monoisotopic (exact) mass is 443 g/mol. The average Bonchev–Trinajstić information content (AvgIpc) is 2.73. The molecule has 3 N–H and O–H groups in total. The highest BCUT2D eigenvalue weighted by atomic mass is 19.2. The van der Waals surface area contributed by atoms with Crippen LogP contribution in [0.5, 0.6) is 5.75 Å². The van der Waals surface area contributed by atoms with E-state index in [1.807, 2.05) is 0 Å². The molecule has 0 aliphatic heterocycles. The number of Topliss-reactive ketones (excluding diaryl/α,β-unsaturated/α-hetero) is 1. The number of nitrogens with one attached hydrogen (secondary N) is 1. The lowest BCUT2D eigenvalue weighted by Crippen LogP contribution is -2.52. The number of halogens is 4. The van der Waals surface area contributed by atoms with Crippen LogP contribution in [0.3, 0.4) is 0 Å². The quantitative estimate of drug-likeness (QED) is 0.456. The summed E-state index contributed by atoms with van der Waals surface area (Å²) in [6, 6.07) is 1.84. The molecule has 0 spiro atoms. The van der Waals surface area contributed by atoms with Crippen LogP contribution in [0.25, 0.3) is 0 Å². The number of rotatable bonds is 9. The van der Waals surface area contributed by atoms with Gasteiger partial charge in [-0.25, -0.2) is 13.8 Å².